The van der Waals surface area contributed by atoms with Crippen molar-refractivity contribution in [3.63, 3.8) is 0 Å². The van der Waals surface area contributed by atoms with Crippen LogP contribution in [0.3, 0.4) is 0 Å². The molecule has 1 aliphatic carbocycles. The molecule has 2 heterocycles. The van der Waals surface area contributed by atoms with E-state index >= 15 is 0 Å². The fourth-order valence-corrected chi connectivity index (χ4v) is 5.03. The van der Waals surface area contributed by atoms with Gasteiger partial charge in [0.2, 0.25) is 0 Å². The number of hydrogen-bond donors (Lipinski definition) is 1. The first-order valence-electron chi connectivity index (χ1n) is 12.6. The average Bonchev–Trinajstić information content (AvgIpc) is 3.47. The van der Waals surface area contributed by atoms with Crippen molar-refractivity contribution in [2.45, 2.75) is 58.6 Å². The molecule has 1 fully saturated rings. The fourth-order valence-electron chi connectivity index (χ4n) is 5.03. The molecule has 8 nitrogen and oxygen atoms in total. The van der Waals surface area contributed by atoms with E-state index in [0.29, 0.717) is 30.5 Å². The SMILES string of the molecule is CC1=CC(C)=NC(=O)C1CNC(=O)c1cc(COCCCN(C)C)cc2c1cnn2C1CCCC1. The van der Waals surface area contributed by atoms with Gasteiger partial charge in [0.25, 0.3) is 11.8 Å². The third-order valence-electron chi connectivity index (χ3n) is 6.89. The smallest absolute Gasteiger partial charge is 0.254 e. The van der Waals surface area contributed by atoms with Crippen LogP contribution < -0.4 is 5.32 Å². The first-order valence-corrected chi connectivity index (χ1v) is 12.6. The molecule has 0 radical (unpaired) electrons. The predicted octanol–water partition coefficient (Wildman–Crippen LogP) is 3.91. The largest absolute Gasteiger partial charge is 0.377 e. The van der Waals surface area contributed by atoms with Crippen LogP contribution in [0.25, 0.3) is 10.9 Å². The summed E-state index contributed by atoms with van der Waals surface area (Å²) in [5.41, 5.74) is 4.12. The summed E-state index contributed by atoms with van der Waals surface area (Å²) in [5, 5.41) is 8.50. The number of carbonyl (C=O) groups is 2. The molecule has 1 saturated carbocycles. The molecule has 8 heteroatoms. The maximum Gasteiger partial charge on any atom is 0.254 e. The molecule has 1 aromatic heterocycles. The van der Waals surface area contributed by atoms with Crippen LogP contribution in [0.1, 0.15) is 67.9 Å². The van der Waals surface area contributed by atoms with Gasteiger partial charge in [-0.3, -0.25) is 14.3 Å². The van der Waals surface area contributed by atoms with E-state index in [-0.39, 0.29) is 18.4 Å². The number of benzene rings is 1. The van der Waals surface area contributed by atoms with Gasteiger partial charge in [-0.15, -0.1) is 0 Å². The number of allylic oxidation sites excluding steroid dienone is 1. The molecule has 0 spiro atoms. The van der Waals surface area contributed by atoms with E-state index in [1.165, 1.54) is 12.8 Å². The Morgan fingerprint density at radius 2 is 2.00 bits per heavy atom. The van der Waals surface area contributed by atoms with E-state index < -0.39 is 5.92 Å². The molecular formula is C27H37N5O3. The summed E-state index contributed by atoms with van der Waals surface area (Å²) in [6, 6.07) is 4.38. The van der Waals surface area contributed by atoms with Crippen molar-refractivity contribution < 1.29 is 14.3 Å². The van der Waals surface area contributed by atoms with Crippen molar-refractivity contribution in [1.29, 1.82) is 0 Å². The van der Waals surface area contributed by atoms with E-state index in [9.17, 15) is 9.59 Å². The third kappa shape index (κ3) is 6.05. The van der Waals surface area contributed by atoms with Crippen LogP contribution in [0.5, 0.6) is 0 Å². The van der Waals surface area contributed by atoms with Crippen molar-refractivity contribution in [2.75, 3.05) is 33.8 Å². The van der Waals surface area contributed by atoms with Crippen LogP contribution in [-0.4, -0.2) is 66.0 Å². The number of nitrogens with zero attached hydrogens (tertiary/aromatic N) is 4. The Labute approximate surface area is 207 Å². The molecule has 1 aliphatic heterocycles. The molecule has 0 saturated heterocycles. The molecule has 1 N–H and O–H groups in total. The van der Waals surface area contributed by atoms with Crippen LogP contribution in [0.2, 0.25) is 0 Å². The number of amides is 2. The van der Waals surface area contributed by atoms with Crippen molar-refractivity contribution in [1.82, 2.24) is 20.0 Å². The lowest BCUT2D eigenvalue weighted by atomic mass is 9.95. The maximum absolute atomic E-state index is 13.4. The lowest BCUT2D eigenvalue weighted by molar-refractivity contribution is -0.120. The van der Waals surface area contributed by atoms with Crippen LogP contribution in [0.4, 0.5) is 0 Å². The summed E-state index contributed by atoms with van der Waals surface area (Å²) in [4.78, 5) is 31.9. The summed E-state index contributed by atoms with van der Waals surface area (Å²) < 4.78 is 8.02. The standard InChI is InChI=1S/C27H37N5O3/c1-18-12-19(2)30-27(34)23(18)15-28-26(33)22-13-20(17-35-11-7-10-31(3)4)14-25-24(22)16-29-32(25)21-8-5-6-9-21/h12-14,16,21,23H,5-11,15,17H2,1-4H3,(H,28,33). The highest BCUT2D eigenvalue weighted by molar-refractivity contribution is 6.08. The van der Waals surface area contributed by atoms with Gasteiger partial charge >= 0.3 is 0 Å². The number of aliphatic imine (C=N–C) groups is 1. The average molecular weight is 480 g/mol. The minimum atomic E-state index is -0.428. The van der Waals surface area contributed by atoms with Crippen LogP contribution in [0, 0.1) is 5.92 Å². The molecule has 2 amide bonds. The Morgan fingerprint density at radius 1 is 1.23 bits per heavy atom. The Bertz CT molecular complexity index is 1140. The molecule has 1 atom stereocenters. The molecule has 0 bridgehead atoms. The maximum atomic E-state index is 13.4. The van der Waals surface area contributed by atoms with Crippen molar-refractivity contribution in [2.24, 2.45) is 10.9 Å². The van der Waals surface area contributed by atoms with E-state index in [1.54, 1.807) is 6.20 Å². The van der Waals surface area contributed by atoms with Gasteiger partial charge in [0.05, 0.1) is 35.8 Å². The van der Waals surface area contributed by atoms with Gasteiger partial charge in [0, 0.05) is 24.2 Å². The van der Waals surface area contributed by atoms with Gasteiger partial charge in [-0.2, -0.15) is 5.10 Å². The topological polar surface area (TPSA) is 88.8 Å². The summed E-state index contributed by atoms with van der Waals surface area (Å²) in [7, 11) is 4.10. The van der Waals surface area contributed by atoms with Gasteiger partial charge in [-0.25, -0.2) is 4.99 Å². The number of dihydropyridines is 1. The van der Waals surface area contributed by atoms with E-state index in [0.717, 1.165) is 47.8 Å². The van der Waals surface area contributed by atoms with Crippen LogP contribution >= 0.6 is 0 Å². The Hall–Kier alpha value is -2.84. The second kappa shape index (κ2) is 11.3. The van der Waals surface area contributed by atoms with Gasteiger partial charge in [-0.05, 0) is 77.5 Å². The molecule has 4 rings (SSSR count). The third-order valence-corrected chi connectivity index (χ3v) is 6.89. The molecule has 1 aromatic carbocycles. The van der Waals surface area contributed by atoms with Crippen LogP contribution in [0.15, 0.2) is 35.0 Å². The minimum Gasteiger partial charge on any atom is -0.377 e. The summed E-state index contributed by atoms with van der Waals surface area (Å²) in [6.45, 7) is 6.01. The Morgan fingerprint density at radius 3 is 2.71 bits per heavy atom. The predicted molar refractivity (Wildman–Crippen MR) is 138 cm³/mol. The van der Waals surface area contributed by atoms with E-state index in [1.807, 2.05) is 26.0 Å². The highest BCUT2D eigenvalue weighted by Gasteiger charge is 2.26. The lowest BCUT2D eigenvalue weighted by Gasteiger charge is -2.19. The van der Waals surface area contributed by atoms with Crippen molar-refractivity contribution >= 4 is 28.4 Å². The number of rotatable bonds is 10. The number of nitrogens with one attached hydrogen (secondary N) is 1. The van der Waals surface area contributed by atoms with Gasteiger partial charge in [0.15, 0.2) is 0 Å². The summed E-state index contributed by atoms with van der Waals surface area (Å²) in [5.74, 6) is -0.841. The molecule has 1 unspecified atom stereocenters. The second-order valence-corrected chi connectivity index (χ2v) is 10.1. The van der Waals surface area contributed by atoms with Crippen molar-refractivity contribution in [3.05, 3.63) is 41.1 Å². The molecular weight excluding hydrogens is 442 g/mol. The Balaban J connectivity index is 1.54. The Kier molecular flexibility index (Phi) is 8.13. The normalized spacial score (nSPS) is 18.9. The van der Waals surface area contributed by atoms with Crippen molar-refractivity contribution in [3.8, 4) is 0 Å². The second-order valence-electron chi connectivity index (χ2n) is 10.1. The van der Waals surface area contributed by atoms with E-state index in [2.05, 4.69) is 45.2 Å². The summed E-state index contributed by atoms with van der Waals surface area (Å²) in [6.07, 6.45) is 9.28. The zero-order chi connectivity index (χ0) is 24.9. The fraction of sp³-hybridized carbons (Fsp3) is 0.556. The number of hydrogen-bond acceptors (Lipinski definition) is 5. The van der Waals surface area contributed by atoms with Gasteiger partial charge in [0.1, 0.15) is 0 Å². The highest BCUT2D eigenvalue weighted by atomic mass is 16.5. The number of fused-ring (bicyclic) bond motifs is 1. The molecule has 35 heavy (non-hydrogen) atoms. The van der Waals surface area contributed by atoms with Crippen LogP contribution in [-0.2, 0) is 16.1 Å². The molecule has 2 aliphatic rings. The quantitative estimate of drug-likeness (QED) is 0.522. The summed E-state index contributed by atoms with van der Waals surface area (Å²) >= 11 is 0. The highest BCUT2D eigenvalue weighted by Crippen LogP contribution is 2.33. The first-order chi connectivity index (χ1) is 16.8. The lowest BCUT2D eigenvalue weighted by Crippen LogP contribution is -2.34. The monoisotopic (exact) mass is 479 g/mol. The first kappa shape index (κ1) is 25.3. The minimum absolute atomic E-state index is 0.206. The molecule has 2 aromatic rings. The number of aromatic nitrogens is 2. The molecule has 188 valence electrons. The number of carbonyl (C=O) groups excluding carboxylic acids is 2. The number of ether oxygens (including phenoxy) is 1. The zero-order valence-corrected chi connectivity index (χ0v) is 21.3. The van der Waals surface area contributed by atoms with E-state index in [4.69, 9.17) is 4.74 Å². The van der Waals surface area contributed by atoms with Gasteiger partial charge in [-0.1, -0.05) is 18.4 Å². The zero-order valence-electron chi connectivity index (χ0n) is 21.3. The van der Waals surface area contributed by atoms with Gasteiger partial charge < -0.3 is 15.0 Å².